The molecule has 14 heavy (non-hydrogen) atoms. The van der Waals surface area contributed by atoms with Gasteiger partial charge in [-0.05, 0) is 0 Å². The summed E-state index contributed by atoms with van der Waals surface area (Å²) in [6.07, 6.45) is 1.50. The van der Waals surface area contributed by atoms with Crippen LogP contribution in [0.2, 0.25) is 0 Å². The number of hydrogen-bond donors (Lipinski definition) is 1. The lowest BCUT2D eigenvalue weighted by Gasteiger charge is -2.06. The molecule has 0 saturated carbocycles. The van der Waals surface area contributed by atoms with E-state index >= 15 is 0 Å². The summed E-state index contributed by atoms with van der Waals surface area (Å²) in [6, 6.07) is 1.20. The van der Waals surface area contributed by atoms with Crippen LogP contribution in [0.5, 0.6) is 0 Å². The number of anilines is 1. The third-order valence-corrected chi connectivity index (χ3v) is 2.00. The van der Waals surface area contributed by atoms with Crippen molar-refractivity contribution in [3.8, 4) is 0 Å². The first kappa shape index (κ1) is 10.6. The summed E-state index contributed by atoms with van der Waals surface area (Å²) in [5.41, 5.74) is 5.79. The Kier molecular flexibility index (Phi) is 3.14. The fraction of sp³-hybridized carbons (Fsp3) is 0.250. The third-order valence-electron chi connectivity index (χ3n) is 1.82. The lowest BCUT2D eigenvalue weighted by Crippen LogP contribution is -2.39. The molecule has 0 fully saturated rings. The molecule has 1 aromatic rings. The largest absolute Gasteiger partial charge is 0.385 e. The minimum atomic E-state index is -0.454. The molecule has 0 aromatic carbocycles. The van der Waals surface area contributed by atoms with Gasteiger partial charge in [0.1, 0.15) is 5.82 Å². The smallest absolute Gasteiger partial charge is 0.332 e. The number of allylic oxidation sites excluding steroid dienone is 1. The second-order valence-electron chi connectivity index (χ2n) is 2.72. The number of halogens is 1. The summed E-state index contributed by atoms with van der Waals surface area (Å²) in [4.78, 5) is 22.8. The highest BCUT2D eigenvalue weighted by atomic mass is 35.5. The van der Waals surface area contributed by atoms with Crippen molar-refractivity contribution in [2.45, 2.75) is 6.54 Å². The highest BCUT2D eigenvalue weighted by Crippen LogP contribution is 1.89. The topological polar surface area (TPSA) is 70.0 Å². The van der Waals surface area contributed by atoms with Gasteiger partial charge in [-0.25, -0.2) is 4.79 Å². The predicted molar refractivity (Wildman–Crippen MR) is 55.3 cm³/mol. The summed E-state index contributed by atoms with van der Waals surface area (Å²) in [5, 5.41) is 0. The standard InChI is InChI=1S/C8H10ClN3O2/c1-11-6(10)5-7(13)12(8(11)14)4-2-3-9/h2-3,5H,4,10H2,1H3/b3-2+. The number of hydrogen-bond acceptors (Lipinski definition) is 3. The normalized spacial score (nSPS) is 11.0. The zero-order chi connectivity index (χ0) is 10.7. The van der Waals surface area contributed by atoms with Crippen LogP contribution in [0.25, 0.3) is 0 Å². The quantitative estimate of drug-likeness (QED) is 0.748. The van der Waals surface area contributed by atoms with Gasteiger partial charge in [-0.2, -0.15) is 0 Å². The third kappa shape index (κ3) is 1.88. The molecule has 0 bridgehead atoms. The number of nitrogens with two attached hydrogens (primary N) is 1. The number of nitrogens with zero attached hydrogens (tertiary/aromatic N) is 2. The van der Waals surface area contributed by atoms with Crippen molar-refractivity contribution in [3.63, 3.8) is 0 Å². The molecule has 0 amide bonds. The van der Waals surface area contributed by atoms with E-state index in [2.05, 4.69) is 0 Å². The van der Waals surface area contributed by atoms with Crippen molar-refractivity contribution in [3.05, 3.63) is 38.5 Å². The van der Waals surface area contributed by atoms with E-state index in [0.717, 1.165) is 4.57 Å². The monoisotopic (exact) mass is 215 g/mol. The number of rotatable bonds is 2. The first-order valence-electron chi connectivity index (χ1n) is 3.89. The highest BCUT2D eigenvalue weighted by molar-refractivity contribution is 6.25. The van der Waals surface area contributed by atoms with Crippen LogP contribution in [0.15, 0.2) is 27.3 Å². The van der Waals surface area contributed by atoms with Crippen LogP contribution in [-0.4, -0.2) is 9.13 Å². The Balaban J connectivity index is 3.37. The maximum Gasteiger partial charge on any atom is 0.332 e. The van der Waals surface area contributed by atoms with Crippen LogP contribution >= 0.6 is 11.6 Å². The molecular formula is C8H10ClN3O2. The Bertz CT molecular complexity index is 472. The SMILES string of the molecule is Cn1c(N)cc(=O)n(C/C=C/Cl)c1=O. The Labute approximate surface area is 85.0 Å². The summed E-state index contributed by atoms with van der Waals surface area (Å²) >= 11 is 5.30. The zero-order valence-electron chi connectivity index (χ0n) is 7.61. The van der Waals surface area contributed by atoms with Crippen molar-refractivity contribution < 1.29 is 0 Å². The molecule has 0 aliphatic carbocycles. The molecule has 1 rings (SSSR count). The molecule has 0 aliphatic rings. The van der Waals surface area contributed by atoms with Crippen molar-refractivity contribution in [1.82, 2.24) is 9.13 Å². The molecule has 0 unspecified atom stereocenters. The van der Waals surface area contributed by atoms with Gasteiger partial charge in [0.15, 0.2) is 0 Å². The molecule has 6 heteroatoms. The minimum absolute atomic E-state index is 0.145. The maximum absolute atomic E-state index is 11.5. The van der Waals surface area contributed by atoms with E-state index in [4.69, 9.17) is 17.3 Å². The van der Waals surface area contributed by atoms with Crippen molar-refractivity contribution in [2.24, 2.45) is 7.05 Å². The summed E-state index contributed by atoms with van der Waals surface area (Å²) in [6.45, 7) is 0.148. The predicted octanol–water partition coefficient (Wildman–Crippen LogP) is -0.118. The fourth-order valence-corrected chi connectivity index (χ4v) is 1.08. The molecule has 0 radical (unpaired) electrons. The number of nitrogen functional groups attached to an aromatic ring is 1. The van der Waals surface area contributed by atoms with Crippen molar-refractivity contribution in [1.29, 1.82) is 0 Å². The lowest BCUT2D eigenvalue weighted by atomic mass is 10.5. The van der Waals surface area contributed by atoms with Crippen molar-refractivity contribution in [2.75, 3.05) is 5.73 Å². The Morgan fingerprint density at radius 3 is 2.79 bits per heavy atom. The highest BCUT2D eigenvalue weighted by Gasteiger charge is 2.04. The van der Waals surface area contributed by atoms with Crippen LogP contribution < -0.4 is 17.0 Å². The van der Waals surface area contributed by atoms with Gasteiger partial charge in [-0.1, -0.05) is 17.7 Å². The van der Waals surface area contributed by atoms with E-state index in [9.17, 15) is 9.59 Å². The Morgan fingerprint density at radius 2 is 2.21 bits per heavy atom. The number of aromatic nitrogens is 2. The van der Waals surface area contributed by atoms with E-state index in [1.54, 1.807) is 0 Å². The van der Waals surface area contributed by atoms with Crippen LogP contribution in [0.1, 0.15) is 0 Å². The summed E-state index contributed by atoms with van der Waals surface area (Å²) in [7, 11) is 1.50. The summed E-state index contributed by atoms with van der Waals surface area (Å²) < 4.78 is 2.23. The first-order chi connectivity index (χ1) is 6.57. The van der Waals surface area contributed by atoms with Gasteiger partial charge < -0.3 is 5.73 Å². The Morgan fingerprint density at radius 1 is 1.57 bits per heavy atom. The molecule has 0 aliphatic heterocycles. The van der Waals surface area contributed by atoms with E-state index in [1.807, 2.05) is 0 Å². The van der Waals surface area contributed by atoms with Gasteiger partial charge in [0, 0.05) is 25.2 Å². The summed E-state index contributed by atoms with van der Waals surface area (Å²) in [5.74, 6) is 0.145. The van der Waals surface area contributed by atoms with Gasteiger partial charge in [0.05, 0.1) is 0 Å². The van der Waals surface area contributed by atoms with Crippen LogP contribution in [-0.2, 0) is 13.6 Å². The molecule has 5 nitrogen and oxygen atoms in total. The van der Waals surface area contributed by atoms with Gasteiger partial charge >= 0.3 is 5.69 Å². The zero-order valence-corrected chi connectivity index (χ0v) is 8.36. The van der Waals surface area contributed by atoms with Gasteiger partial charge in [0.25, 0.3) is 5.56 Å². The Hall–Kier alpha value is -1.49. The van der Waals surface area contributed by atoms with Crippen LogP contribution in [0, 0.1) is 0 Å². The lowest BCUT2D eigenvalue weighted by molar-refractivity contribution is 0.655. The molecule has 0 atom stereocenters. The second-order valence-corrected chi connectivity index (χ2v) is 2.97. The molecule has 1 aromatic heterocycles. The second kappa shape index (κ2) is 4.15. The van der Waals surface area contributed by atoms with Gasteiger partial charge in [-0.15, -0.1) is 0 Å². The van der Waals surface area contributed by atoms with Crippen molar-refractivity contribution >= 4 is 17.4 Å². The van der Waals surface area contributed by atoms with E-state index in [1.165, 1.54) is 29.3 Å². The van der Waals surface area contributed by atoms with Gasteiger partial charge in [-0.3, -0.25) is 13.9 Å². The fourth-order valence-electron chi connectivity index (χ4n) is 1.00. The molecule has 2 N–H and O–H groups in total. The molecule has 0 saturated heterocycles. The van der Waals surface area contributed by atoms with E-state index < -0.39 is 11.2 Å². The molecule has 76 valence electrons. The van der Waals surface area contributed by atoms with E-state index in [-0.39, 0.29) is 12.4 Å². The average molecular weight is 216 g/mol. The first-order valence-corrected chi connectivity index (χ1v) is 4.33. The minimum Gasteiger partial charge on any atom is -0.385 e. The van der Waals surface area contributed by atoms with Crippen LogP contribution in [0.4, 0.5) is 5.82 Å². The maximum atomic E-state index is 11.5. The molecular weight excluding hydrogens is 206 g/mol. The molecule has 0 spiro atoms. The van der Waals surface area contributed by atoms with E-state index in [0.29, 0.717) is 0 Å². The van der Waals surface area contributed by atoms with Crippen LogP contribution in [0.3, 0.4) is 0 Å². The molecule has 1 heterocycles. The van der Waals surface area contributed by atoms with Gasteiger partial charge in [0.2, 0.25) is 0 Å². The average Bonchev–Trinajstić information content (AvgIpc) is 2.14.